The van der Waals surface area contributed by atoms with Crippen LogP contribution in [0.15, 0.2) is 18.2 Å². The van der Waals surface area contributed by atoms with Crippen LogP contribution in [-0.2, 0) is 9.59 Å². The maximum Gasteiger partial charge on any atom is 0.243 e. The van der Waals surface area contributed by atoms with Gasteiger partial charge in [0.05, 0.1) is 13.0 Å². The largest absolute Gasteiger partial charge is 0.493 e. The summed E-state index contributed by atoms with van der Waals surface area (Å²) in [5, 5.41) is 2.85. The maximum atomic E-state index is 12.1. The highest BCUT2D eigenvalue weighted by Gasteiger charge is 2.38. The molecule has 0 radical (unpaired) electrons. The van der Waals surface area contributed by atoms with Crippen LogP contribution in [0, 0.1) is 13.8 Å². The molecule has 0 saturated heterocycles. The Morgan fingerprint density at radius 1 is 1.17 bits per heavy atom. The van der Waals surface area contributed by atoms with Crippen molar-refractivity contribution in [2.75, 3.05) is 6.61 Å². The molecular weight excluding hydrogens is 292 g/mol. The van der Waals surface area contributed by atoms with Gasteiger partial charge in [0, 0.05) is 0 Å². The van der Waals surface area contributed by atoms with Crippen LogP contribution in [0.4, 0.5) is 0 Å². The number of nitrogens with one attached hydrogen (secondary N) is 1. The quantitative estimate of drug-likeness (QED) is 0.845. The van der Waals surface area contributed by atoms with Crippen LogP contribution >= 0.6 is 0 Å². The van der Waals surface area contributed by atoms with Crippen LogP contribution in [0.2, 0.25) is 0 Å². The fourth-order valence-corrected chi connectivity index (χ4v) is 2.98. The van der Waals surface area contributed by atoms with Gasteiger partial charge in [-0.1, -0.05) is 25.3 Å². The predicted molar refractivity (Wildman–Crippen MR) is 89.2 cm³/mol. The summed E-state index contributed by atoms with van der Waals surface area (Å²) in [6.07, 6.45) is 4.39. The molecule has 1 aromatic rings. The summed E-state index contributed by atoms with van der Waals surface area (Å²) in [6.45, 7) is 4.35. The lowest BCUT2D eigenvalue weighted by Gasteiger charge is -2.35. The molecule has 0 unspecified atom stereocenters. The van der Waals surface area contributed by atoms with Crippen LogP contribution in [0.3, 0.4) is 0 Å². The highest BCUT2D eigenvalue weighted by Crippen LogP contribution is 2.28. The van der Waals surface area contributed by atoms with Crippen molar-refractivity contribution in [3.05, 3.63) is 29.3 Å². The molecular formula is C18H26N2O3. The minimum atomic E-state index is -0.865. The smallest absolute Gasteiger partial charge is 0.243 e. The van der Waals surface area contributed by atoms with E-state index in [1.54, 1.807) is 0 Å². The van der Waals surface area contributed by atoms with E-state index in [1.165, 1.54) is 5.56 Å². The summed E-state index contributed by atoms with van der Waals surface area (Å²) in [5.41, 5.74) is 7.01. The minimum absolute atomic E-state index is 0.186. The van der Waals surface area contributed by atoms with Gasteiger partial charge in [-0.15, -0.1) is 0 Å². The van der Waals surface area contributed by atoms with Gasteiger partial charge in [-0.25, -0.2) is 0 Å². The Balaban J connectivity index is 1.84. The Morgan fingerprint density at radius 2 is 1.87 bits per heavy atom. The summed E-state index contributed by atoms with van der Waals surface area (Å²) in [5.74, 6) is 0.137. The molecule has 0 atom stereocenters. The standard InChI is InChI=1S/C18H26N2O3/c1-13-6-7-15(12-14(13)2)23-11-8-16(21)20-18(17(19)22)9-4-3-5-10-18/h6-7,12H,3-5,8-11H2,1-2H3,(H2,19,22)(H,20,21). The molecule has 0 spiro atoms. The van der Waals surface area contributed by atoms with Crippen molar-refractivity contribution in [1.82, 2.24) is 5.32 Å². The molecule has 1 aliphatic rings. The average molecular weight is 318 g/mol. The van der Waals surface area contributed by atoms with E-state index in [9.17, 15) is 9.59 Å². The van der Waals surface area contributed by atoms with Crippen molar-refractivity contribution in [3.63, 3.8) is 0 Å². The van der Waals surface area contributed by atoms with E-state index in [-0.39, 0.29) is 18.9 Å². The van der Waals surface area contributed by atoms with E-state index in [0.717, 1.165) is 30.6 Å². The Hall–Kier alpha value is -2.04. The van der Waals surface area contributed by atoms with Gasteiger partial charge in [-0.3, -0.25) is 9.59 Å². The summed E-state index contributed by atoms with van der Waals surface area (Å²) >= 11 is 0. The third-order valence-corrected chi connectivity index (χ3v) is 4.63. The number of hydrogen-bond acceptors (Lipinski definition) is 3. The maximum absolute atomic E-state index is 12.1. The van der Waals surface area contributed by atoms with Crippen molar-refractivity contribution in [1.29, 1.82) is 0 Å². The number of hydrogen-bond donors (Lipinski definition) is 2. The van der Waals surface area contributed by atoms with E-state index in [1.807, 2.05) is 32.0 Å². The summed E-state index contributed by atoms with van der Waals surface area (Å²) < 4.78 is 5.62. The molecule has 0 heterocycles. The van der Waals surface area contributed by atoms with Crippen molar-refractivity contribution in [3.8, 4) is 5.75 Å². The molecule has 126 valence electrons. The van der Waals surface area contributed by atoms with E-state index in [4.69, 9.17) is 10.5 Å². The number of ether oxygens (including phenoxy) is 1. The highest BCUT2D eigenvalue weighted by molar-refractivity contribution is 5.90. The fraction of sp³-hybridized carbons (Fsp3) is 0.556. The van der Waals surface area contributed by atoms with E-state index < -0.39 is 11.4 Å². The van der Waals surface area contributed by atoms with Crippen LogP contribution in [-0.4, -0.2) is 24.0 Å². The monoisotopic (exact) mass is 318 g/mol. The molecule has 1 aromatic carbocycles. The van der Waals surface area contributed by atoms with Crippen molar-refractivity contribution in [2.24, 2.45) is 5.73 Å². The minimum Gasteiger partial charge on any atom is -0.493 e. The topological polar surface area (TPSA) is 81.4 Å². The van der Waals surface area contributed by atoms with Gasteiger partial charge in [0.2, 0.25) is 11.8 Å². The van der Waals surface area contributed by atoms with E-state index in [0.29, 0.717) is 12.8 Å². The summed E-state index contributed by atoms with van der Waals surface area (Å²) in [6, 6.07) is 5.85. The lowest BCUT2D eigenvalue weighted by molar-refractivity contribution is -0.133. The summed E-state index contributed by atoms with van der Waals surface area (Å²) in [7, 11) is 0. The second kappa shape index (κ2) is 7.49. The lowest BCUT2D eigenvalue weighted by Crippen LogP contribution is -2.58. The van der Waals surface area contributed by atoms with Gasteiger partial charge < -0.3 is 15.8 Å². The molecule has 1 aliphatic carbocycles. The Bertz CT molecular complexity index is 578. The second-order valence-electron chi connectivity index (χ2n) is 6.40. The first-order valence-electron chi connectivity index (χ1n) is 8.24. The van der Waals surface area contributed by atoms with Crippen molar-refractivity contribution >= 4 is 11.8 Å². The van der Waals surface area contributed by atoms with Gasteiger partial charge in [0.25, 0.3) is 0 Å². The molecule has 2 rings (SSSR count). The number of aryl methyl sites for hydroxylation is 2. The van der Waals surface area contributed by atoms with Gasteiger partial charge in [-0.05, 0) is 49.9 Å². The van der Waals surface area contributed by atoms with E-state index in [2.05, 4.69) is 5.32 Å². The number of carbonyl (C=O) groups excluding carboxylic acids is 2. The molecule has 23 heavy (non-hydrogen) atoms. The molecule has 5 heteroatoms. The normalized spacial score (nSPS) is 16.6. The zero-order chi connectivity index (χ0) is 16.9. The van der Waals surface area contributed by atoms with Gasteiger partial charge in [-0.2, -0.15) is 0 Å². The third kappa shape index (κ3) is 4.47. The fourth-order valence-electron chi connectivity index (χ4n) is 2.98. The van der Waals surface area contributed by atoms with Crippen LogP contribution in [0.25, 0.3) is 0 Å². The van der Waals surface area contributed by atoms with Crippen LogP contribution in [0.1, 0.15) is 49.7 Å². The Morgan fingerprint density at radius 3 is 2.48 bits per heavy atom. The summed E-state index contributed by atoms with van der Waals surface area (Å²) in [4.78, 5) is 23.9. The van der Waals surface area contributed by atoms with Crippen LogP contribution < -0.4 is 15.8 Å². The SMILES string of the molecule is Cc1ccc(OCCC(=O)NC2(C(N)=O)CCCCC2)cc1C. The average Bonchev–Trinajstić information content (AvgIpc) is 2.51. The van der Waals surface area contributed by atoms with Crippen molar-refractivity contribution < 1.29 is 14.3 Å². The number of amides is 2. The Kier molecular flexibility index (Phi) is 5.64. The first-order valence-corrected chi connectivity index (χ1v) is 8.24. The Labute approximate surface area is 137 Å². The molecule has 0 aliphatic heterocycles. The van der Waals surface area contributed by atoms with Crippen molar-refractivity contribution in [2.45, 2.75) is 57.9 Å². The van der Waals surface area contributed by atoms with Crippen LogP contribution in [0.5, 0.6) is 5.75 Å². The molecule has 0 aromatic heterocycles. The lowest BCUT2D eigenvalue weighted by atomic mass is 9.81. The van der Waals surface area contributed by atoms with Gasteiger partial charge >= 0.3 is 0 Å². The molecule has 1 saturated carbocycles. The zero-order valence-electron chi connectivity index (χ0n) is 14.0. The number of primary amides is 1. The molecule has 5 nitrogen and oxygen atoms in total. The second-order valence-corrected chi connectivity index (χ2v) is 6.40. The zero-order valence-corrected chi connectivity index (χ0v) is 14.0. The number of nitrogens with two attached hydrogens (primary N) is 1. The molecule has 1 fully saturated rings. The number of benzene rings is 1. The molecule has 0 bridgehead atoms. The number of carbonyl (C=O) groups is 2. The first-order chi connectivity index (χ1) is 10.9. The molecule has 3 N–H and O–H groups in total. The first kappa shape index (κ1) is 17.3. The highest BCUT2D eigenvalue weighted by atomic mass is 16.5. The van der Waals surface area contributed by atoms with E-state index >= 15 is 0 Å². The van der Waals surface area contributed by atoms with Gasteiger partial charge in [0.1, 0.15) is 11.3 Å². The predicted octanol–water partition coefficient (Wildman–Crippen LogP) is 2.38. The number of rotatable bonds is 6. The molecule has 2 amide bonds. The third-order valence-electron chi connectivity index (χ3n) is 4.63. The van der Waals surface area contributed by atoms with Gasteiger partial charge in [0.15, 0.2) is 0 Å².